The summed E-state index contributed by atoms with van der Waals surface area (Å²) in [6, 6.07) is -1.03. The molecule has 19 heavy (non-hydrogen) atoms. The van der Waals surface area contributed by atoms with E-state index in [2.05, 4.69) is 14.7 Å². The van der Waals surface area contributed by atoms with E-state index in [9.17, 15) is 13.2 Å². The van der Waals surface area contributed by atoms with Gasteiger partial charge in [-0.05, 0) is 19.3 Å². The standard InChI is InChI=1S/C10H14N4O4S/c15-10(16)8-3-1-2-6-14(8)19(17,18)13-9-7-11-4-5-12-9/h4-5,7-8H,1-3,6H2,(H,12,13)(H,15,16). The van der Waals surface area contributed by atoms with Gasteiger partial charge >= 0.3 is 16.2 Å². The minimum atomic E-state index is -3.93. The van der Waals surface area contributed by atoms with Crippen LogP contribution in [0.1, 0.15) is 19.3 Å². The van der Waals surface area contributed by atoms with Gasteiger partial charge in [-0.3, -0.25) is 14.5 Å². The zero-order valence-corrected chi connectivity index (χ0v) is 10.9. The topological polar surface area (TPSA) is 112 Å². The SMILES string of the molecule is O=C(O)C1CCCCN1S(=O)(=O)Nc1cnccn1. The van der Waals surface area contributed by atoms with Gasteiger partial charge in [0.05, 0.1) is 6.20 Å². The molecule has 0 bridgehead atoms. The molecule has 8 nitrogen and oxygen atoms in total. The van der Waals surface area contributed by atoms with Gasteiger partial charge < -0.3 is 5.11 Å². The van der Waals surface area contributed by atoms with E-state index in [0.717, 1.165) is 4.31 Å². The third-order valence-electron chi connectivity index (χ3n) is 2.84. The lowest BCUT2D eigenvalue weighted by molar-refractivity contribution is -0.142. The van der Waals surface area contributed by atoms with Crippen molar-refractivity contribution in [3.05, 3.63) is 18.6 Å². The number of hydrogen-bond donors (Lipinski definition) is 2. The van der Waals surface area contributed by atoms with Crippen molar-refractivity contribution in [3.8, 4) is 0 Å². The average Bonchev–Trinajstić information content (AvgIpc) is 2.39. The highest BCUT2D eigenvalue weighted by molar-refractivity contribution is 7.90. The van der Waals surface area contributed by atoms with E-state index in [0.29, 0.717) is 19.3 Å². The van der Waals surface area contributed by atoms with Crippen molar-refractivity contribution < 1.29 is 18.3 Å². The second kappa shape index (κ2) is 5.49. The highest BCUT2D eigenvalue weighted by Gasteiger charge is 2.36. The lowest BCUT2D eigenvalue weighted by Gasteiger charge is -2.31. The van der Waals surface area contributed by atoms with Gasteiger partial charge in [0.1, 0.15) is 6.04 Å². The molecule has 0 radical (unpaired) electrons. The smallest absolute Gasteiger partial charge is 0.322 e. The molecule has 0 spiro atoms. The molecule has 1 saturated heterocycles. The Kier molecular flexibility index (Phi) is 3.96. The van der Waals surface area contributed by atoms with Gasteiger partial charge in [-0.15, -0.1) is 0 Å². The second-order valence-corrected chi connectivity index (χ2v) is 5.78. The normalized spacial score (nSPS) is 20.9. The maximum absolute atomic E-state index is 12.2. The van der Waals surface area contributed by atoms with Gasteiger partial charge in [-0.2, -0.15) is 12.7 Å². The summed E-state index contributed by atoms with van der Waals surface area (Å²) in [6.07, 6.45) is 5.69. The van der Waals surface area contributed by atoms with Gasteiger partial charge in [-0.25, -0.2) is 4.98 Å². The average molecular weight is 286 g/mol. The minimum absolute atomic E-state index is 0.0669. The first-order valence-corrected chi connectivity index (χ1v) is 7.23. The van der Waals surface area contributed by atoms with Crippen molar-refractivity contribution in [2.24, 2.45) is 0 Å². The molecule has 1 fully saturated rings. The monoisotopic (exact) mass is 286 g/mol. The minimum Gasteiger partial charge on any atom is -0.480 e. The second-order valence-electron chi connectivity index (χ2n) is 4.16. The number of aliphatic carboxylic acids is 1. The van der Waals surface area contributed by atoms with Crippen LogP contribution in [0.5, 0.6) is 0 Å². The third kappa shape index (κ3) is 3.18. The zero-order valence-electron chi connectivity index (χ0n) is 10.1. The molecule has 2 rings (SSSR count). The van der Waals surface area contributed by atoms with Crippen molar-refractivity contribution in [2.75, 3.05) is 11.3 Å². The molecule has 0 aromatic carbocycles. The molecule has 1 aliphatic heterocycles. The Morgan fingerprint density at radius 1 is 1.42 bits per heavy atom. The number of anilines is 1. The number of hydrogen-bond acceptors (Lipinski definition) is 5. The van der Waals surface area contributed by atoms with Gasteiger partial charge in [0.2, 0.25) is 0 Å². The van der Waals surface area contributed by atoms with E-state index in [4.69, 9.17) is 5.11 Å². The van der Waals surface area contributed by atoms with Crippen molar-refractivity contribution in [1.29, 1.82) is 0 Å². The number of nitrogens with one attached hydrogen (secondary N) is 1. The molecule has 9 heteroatoms. The molecule has 1 aromatic heterocycles. The van der Waals surface area contributed by atoms with Crippen LogP contribution in [-0.2, 0) is 15.0 Å². The summed E-state index contributed by atoms with van der Waals surface area (Å²) < 4.78 is 27.5. The molecule has 0 amide bonds. The Labute approximate surface area is 110 Å². The fraction of sp³-hybridized carbons (Fsp3) is 0.500. The number of carboxylic acid groups (broad SMARTS) is 1. The van der Waals surface area contributed by atoms with Crippen LogP contribution in [0.3, 0.4) is 0 Å². The number of piperidine rings is 1. The van der Waals surface area contributed by atoms with Crippen LogP contribution in [0, 0.1) is 0 Å². The van der Waals surface area contributed by atoms with Gasteiger partial charge in [0.15, 0.2) is 5.82 Å². The van der Waals surface area contributed by atoms with E-state index in [-0.39, 0.29) is 12.4 Å². The first-order chi connectivity index (χ1) is 9.00. The van der Waals surface area contributed by atoms with Crippen LogP contribution < -0.4 is 4.72 Å². The summed E-state index contributed by atoms with van der Waals surface area (Å²) in [6.45, 7) is 0.187. The van der Waals surface area contributed by atoms with E-state index in [1.165, 1.54) is 18.6 Å². The van der Waals surface area contributed by atoms with E-state index in [1.807, 2.05) is 0 Å². The molecule has 1 atom stereocenters. The number of nitrogens with zero attached hydrogens (tertiary/aromatic N) is 3. The fourth-order valence-electron chi connectivity index (χ4n) is 1.98. The maximum atomic E-state index is 12.2. The van der Waals surface area contributed by atoms with Crippen molar-refractivity contribution >= 4 is 22.0 Å². The number of carboxylic acids is 1. The van der Waals surface area contributed by atoms with Gasteiger partial charge in [0.25, 0.3) is 0 Å². The van der Waals surface area contributed by atoms with Crippen LogP contribution in [0.2, 0.25) is 0 Å². The Morgan fingerprint density at radius 2 is 2.21 bits per heavy atom. The lowest BCUT2D eigenvalue weighted by Crippen LogP contribution is -2.50. The fourth-order valence-corrected chi connectivity index (χ4v) is 3.37. The predicted octanol–water partition coefficient (Wildman–Crippen LogP) is 0.0724. The van der Waals surface area contributed by atoms with E-state index < -0.39 is 22.2 Å². The largest absolute Gasteiger partial charge is 0.480 e. The molecule has 104 valence electrons. The highest BCUT2D eigenvalue weighted by Crippen LogP contribution is 2.21. The van der Waals surface area contributed by atoms with Gasteiger partial charge in [0, 0.05) is 18.9 Å². The van der Waals surface area contributed by atoms with Crippen LogP contribution in [0.15, 0.2) is 18.6 Å². The summed E-state index contributed by atoms with van der Waals surface area (Å²) in [4.78, 5) is 18.6. The van der Waals surface area contributed by atoms with E-state index in [1.54, 1.807) is 0 Å². The quantitative estimate of drug-likeness (QED) is 0.810. The lowest BCUT2D eigenvalue weighted by atomic mass is 10.1. The van der Waals surface area contributed by atoms with Crippen molar-refractivity contribution in [2.45, 2.75) is 25.3 Å². The summed E-state index contributed by atoms with van der Waals surface area (Å²) in [5.74, 6) is -1.07. The molecule has 0 saturated carbocycles. The van der Waals surface area contributed by atoms with Crippen LogP contribution in [-0.4, -0.2) is 46.4 Å². The summed E-state index contributed by atoms with van der Waals surface area (Å²) >= 11 is 0. The molecule has 1 aromatic rings. The molecular formula is C10H14N4O4S. The Bertz CT molecular complexity index is 548. The molecule has 2 heterocycles. The zero-order chi connectivity index (χ0) is 13.9. The Balaban J connectivity index is 2.20. The first-order valence-electron chi connectivity index (χ1n) is 5.79. The Hall–Kier alpha value is -1.74. The molecule has 1 aliphatic rings. The molecule has 0 aliphatic carbocycles. The predicted molar refractivity (Wildman–Crippen MR) is 66.6 cm³/mol. The van der Waals surface area contributed by atoms with Gasteiger partial charge in [-0.1, -0.05) is 0 Å². The van der Waals surface area contributed by atoms with Crippen molar-refractivity contribution in [1.82, 2.24) is 14.3 Å². The summed E-state index contributed by atoms with van der Waals surface area (Å²) in [7, 11) is -3.93. The van der Waals surface area contributed by atoms with Crippen LogP contribution >= 0.6 is 0 Å². The number of rotatable bonds is 4. The summed E-state index contributed by atoms with van der Waals surface area (Å²) in [5, 5.41) is 9.08. The molecule has 1 unspecified atom stereocenters. The van der Waals surface area contributed by atoms with Crippen LogP contribution in [0.25, 0.3) is 0 Å². The Morgan fingerprint density at radius 3 is 2.84 bits per heavy atom. The molecular weight excluding hydrogens is 272 g/mol. The third-order valence-corrected chi connectivity index (χ3v) is 4.37. The number of aromatic nitrogens is 2. The maximum Gasteiger partial charge on any atom is 0.322 e. The number of carbonyl (C=O) groups is 1. The highest BCUT2D eigenvalue weighted by atomic mass is 32.2. The summed E-state index contributed by atoms with van der Waals surface area (Å²) in [5.41, 5.74) is 0. The van der Waals surface area contributed by atoms with Crippen molar-refractivity contribution in [3.63, 3.8) is 0 Å². The first kappa shape index (κ1) is 13.7. The van der Waals surface area contributed by atoms with Crippen LogP contribution in [0.4, 0.5) is 5.82 Å². The van der Waals surface area contributed by atoms with E-state index >= 15 is 0 Å². The molecule has 2 N–H and O–H groups in total.